The summed E-state index contributed by atoms with van der Waals surface area (Å²) in [6.07, 6.45) is -2.75. The van der Waals surface area contributed by atoms with Crippen LogP contribution in [0.3, 0.4) is 0 Å². The fraction of sp³-hybridized carbons (Fsp3) is 0.462. The van der Waals surface area contributed by atoms with E-state index >= 15 is 0 Å². The second kappa shape index (κ2) is 5.61. The molecule has 0 unspecified atom stereocenters. The van der Waals surface area contributed by atoms with E-state index in [0.717, 1.165) is 18.4 Å². The van der Waals surface area contributed by atoms with Crippen molar-refractivity contribution in [2.75, 3.05) is 19.8 Å². The minimum Gasteiger partial charge on any atom is -0.493 e. The Bertz CT molecular complexity index is 469. The number of aryl methyl sites for hydroxylation is 1. The van der Waals surface area contributed by atoms with Crippen LogP contribution in [0.15, 0.2) is 18.2 Å². The Morgan fingerprint density at radius 3 is 2.89 bits per heavy atom. The molecule has 0 amide bonds. The van der Waals surface area contributed by atoms with Gasteiger partial charge in [0.25, 0.3) is 0 Å². The van der Waals surface area contributed by atoms with Gasteiger partial charge in [0.1, 0.15) is 19.0 Å². The molecule has 0 spiro atoms. The fourth-order valence-electron chi connectivity index (χ4n) is 1.95. The lowest BCUT2D eigenvalue weighted by Gasteiger charge is -2.19. The number of hydrogen-bond acceptors (Lipinski definition) is 3. The van der Waals surface area contributed by atoms with Crippen LogP contribution in [0, 0.1) is 0 Å². The van der Waals surface area contributed by atoms with Crippen LogP contribution in [-0.2, 0) is 11.2 Å². The molecule has 0 fully saturated rings. The summed E-state index contributed by atoms with van der Waals surface area (Å²) in [6, 6.07) is 5.09. The zero-order chi connectivity index (χ0) is 13.9. The van der Waals surface area contributed by atoms with E-state index in [4.69, 9.17) is 4.74 Å². The molecule has 2 rings (SSSR count). The van der Waals surface area contributed by atoms with Crippen molar-refractivity contribution in [2.45, 2.75) is 19.0 Å². The van der Waals surface area contributed by atoms with Crippen molar-refractivity contribution >= 4 is 5.78 Å². The van der Waals surface area contributed by atoms with Gasteiger partial charge in [-0.15, -0.1) is 0 Å². The maximum Gasteiger partial charge on any atom is 0.411 e. The number of ether oxygens (including phenoxy) is 2. The molecule has 19 heavy (non-hydrogen) atoms. The Morgan fingerprint density at radius 2 is 2.16 bits per heavy atom. The Balaban J connectivity index is 2.03. The molecule has 0 N–H and O–H groups in total. The number of alkyl halides is 3. The van der Waals surface area contributed by atoms with Crippen LogP contribution in [0.25, 0.3) is 0 Å². The second-order valence-corrected chi connectivity index (χ2v) is 4.28. The molecule has 1 aromatic carbocycles. The topological polar surface area (TPSA) is 35.5 Å². The van der Waals surface area contributed by atoms with Crippen LogP contribution in [0.1, 0.15) is 22.3 Å². The Kier molecular flexibility index (Phi) is 4.09. The summed E-state index contributed by atoms with van der Waals surface area (Å²) < 4.78 is 45.6. The maximum atomic E-state index is 11.9. The lowest BCUT2D eigenvalue weighted by atomic mass is 10.0. The van der Waals surface area contributed by atoms with Gasteiger partial charge in [0.05, 0.1) is 12.2 Å². The van der Waals surface area contributed by atoms with Gasteiger partial charge in [-0.3, -0.25) is 4.79 Å². The summed E-state index contributed by atoms with van der Waals surface area (Å²) in [5.74, 6) is -0.0163. The number of fused-ring (bicyclic) bond motifs is 1. The fourth-order valence-corrected chi connectivity index (χ4v) is 1.95. The molecule has 6 heteroatoms. The first-order chi connectivity index (χ1) is 8.97. The maximum absolute atomic E-state index is 11.9. The van der Waals surface area contributed by atoms with Gasteiger partial charge < -0.3 is 9.47 Å². The zero-order valence-electron chi connectivity index (χ0n) is 10.1. The van der Waals surface area contributed by atoms with Crippen molar-refractivity contribution in [3.63, 3.8) is 0 Å². The summed E-state index contributed by atoms with van der Waals surface area (Å²) in [5.41, 5.74) is 1.20. The zero-order valence-corrected chi connectivity index (χ0v) is 10.1. The van der Waals surface area contributed by atoms with Crippen LogP contribution < -0.4 is 4.74 Å². The molecule has 1 aromatic rings. The molecule has 0 radical (unpaired) electrons. The van der Waals surface area contributed by atoms with Gasteiger partial charge in [0.2, 0.25) is 0 Å². The highest BCUT2D eigenvalue weighted by Gasteiger charge is 2.28. The van der Waals surface area contributed by atoms with E-state index in [1.54, 1.807) is 12.1 Å². The number of halogens is 3. The van der Waals surface area contributed by atoms with Crippen LogP contribution in [0.2, 0.25) is 0 Å². The molecule has 0 atom stereocenters. The van der Waals surface area contributed by atoms with E-state index in [-0.39, 0.29) is 0 Å². The van der Waals surface area contributed by atoms with Gasteiger partial charge in [0.15, 0.2) is 5.78 Å². The highest BCUT2D eigenvalue weighted by Crippen LogP contribution is 2.29. The van der Waals surface area contributed by atoms with Gasteiger partial charge in [-0.2, -0.15) is 13.2 Å². The van der Waals surface area contributed by atoms with Gasteiger partial charge in [-0.1, -0.05) is 12.1 Å². The van der Waals surface area contributed by atoms with Crippen LogP contribution in [0.4, 0.5) is 13.2 Å². The third-order valence-corrected chi connectivity index (χ3v) is 2.73. The Morgan fingerprint density at radius 1 is 1.37 bits per heavy atom. The smallest absolute Gasteiger partial charge is 0.411 e. The number of benzene rings is 1. The van der Waals surface area contributed by atoms with Crippen molar-refractivity contribution in [3.05, 3.63) is 29.3 Å². The molecule has 3 nitrogen and oxygen atoms in total. The third-order valence-electron chi connectivity index (χ3n) is 2.73. The first kappa shape index (κ1) is 13.9. The Labute approximate surface area is 108 Å². The Hall–Kier alpha value is -1.56. The predicted octanol–water partition coefficient (Wildman–Crippen LogP) is 2.77. The molecule has 1 aliphatic heterocycles. The molecular weight excluding hydrogens is 261 g/mol. The summed E-state index contributed by atoms with van der Waals surface area (Å²) in [6.45, 7) is -1.51. The minimum atomic E-state index is -4.42. The normalized spacial score (nSPS) is 14.7. The highest BCUT2D eigenvalue weighted by molar-refractivity contribution is 6.00. The number of rotatable bonds is 4. The number of ketones is 1. The standard InChI is InChI=1S/C13H13F3O3/c14-13(15,16)8-18-7-11(17)10-5-1-3-9-4-2-6-19-12(9)10/h1,3,5H,2,4,6-8H2. The first-order valence-electron chi connectivity index (χ1n) is 5.90. The molecule has 0 saturated carbocycles. The van der Waals surface area contributed by atoms with Gasteiger partial charge >= 0.3 is 6.18 Å². The van der Waals surface area contributed by atoms with Crippen molar-refractivity contribution in [3.8, 4) is 5.75 Å². The number of carbonyl (C=O) groups is 1. The lowest BCUT2D eigenvalue weighted by Crippen LogP contribution is -2.21. The van der Waals surface area contributed by atoms with E-state index in [2.05, 4.69) is 4.74 Å². The van der Waals surface area contributed by atoms with E-state index < -0.39 is 25.2 Å². The monoisotopic (exact) mass is 274 g/mol. The molecule has 0 bridgehead atoms. The molecule has 104 valence electrons. The largest absolute Gasteiger partial charge is 0.493 e. The molecule has 0 aromatic heterocycles. The van der Waals surface area contributed by atoms with Crippen LogP contribution in [0.5, 0.6) is 5.75 Å². The molecule has 0 saturated heterocycles. The average Bonchev–Trinajstić information content (AvgIpc) is 2.36. The van der Waals surface area contributed by atoms with Crippen molar-refractivity contribution in [1.82, 2.24) is 0 Å². The molecule has 0 aliphatic carbocycles. The summed E-state index contributed by atoms with van der Waals surface area (Å²) in [5, 5.41) is 0. The first-order valence-corrected chi connectivity index (χ1v) is 5.90. The van der Waals surface area contributed by atoms with E-state index in [9.17, 15) is 18.0 Å². The SMILES string of the molecule is O=C(COCC(F)(F)F)c1cccc2c1OCCC2. The van der Waals surface area contributed by atoms with Crippen molar-refractivity contribution in [2.24, 2.45) is 0 Å². The number of Topliss-reactive ketones (excluding diaryl/α,β-unsaturated/α-hetero) is 1. The minimum absolute atomic E-state index is 0.291. The van der Waals surface area contributed by atoms with Crippen LogP contribution >= 0.6 is 0 Å². The second-order valence-electron chi connectivity index (χ2n) is 4.28. The number of carbonyl (C=O) groups excluding carboxylic acids is 1. The molecule has 1 aliphatic rings. The van der Waals surface area contributed by atoms with Crippen molar-refractivity contribution in [1.29, 1.82) is 0 Å². The number of para-hydroxylation sites is 1. The van der Waals surface area contributed by atoms with Gasteiger partial charge in [0, 0.05) is 0 Å². The van der Waals surface area contributed by atoms with Gasteiger partial charge in [-0.05, 0) is 24.5 Å². The van der Waals surface area contributed by atoms with E-state index in [1.807, 2.05) is 6.07 Å². The summed E-state index contributed by atoms with van der Waals surface area (Å²) in [4.78, 5) is 11.8. The third kappa shape index (κ3) is 3.70. The lowest BCUT2D eigenvalue weighted by molar-refractivity contribution is -0.170. The highest BCUT2D eigenvalue weighted by atomic mass is 19.4. The van der Waals surface area contributed by atoms with Crippen molar-refractivity contribution < 1.29 is 27.4 Å². The van der Waals surface area contributed by atoms with Gasteiger partial charge in [-0.25, -0.2) is 0 Å². The predicted molar refractivity (Wildman–Crippen MR) is 61.5 cm³/mol. The van der Waals surface area contributed by atoms with E-state index in [0.29, 0.717) is 17.9 Å². The molecule has 1 heterocycles. The van der Waals surface area contributed by atoms with E-state index in [1.165, 1.54) is 0 Å². The molecular formula is C13H13F3O3. The summed E-state index contributed by atoms with van der Waals surface area (Å²) in [7, 11) is 0. The number of hydrogen-bond donors (Lipinski definition) is 0. The van der Waals surface area contributed by atoms with Crippen LogP contribution in [-0.4, -0.2) is 31.8 Å². The average molecular weight is 274 g/mol. The quantitative estimate of drug-likeness (QED) is 0.792. The summed E-state index contributed by atoms with van der Waals surface area (Å²) >= 11 is 0.